The van der Waals surface area contributed by atoms with Crippen LogP contribution in [0.15, 0.2) is 78.9 Å². The Morgan fingerprint density at radius 3 is 1.95 bits per heavy atom. The first kappa shape index (κ1) is 28.4. The van der Waals surface area contributed by atoms with Gasteiger partial charge in [-0.1, -0.05) is 54.6 Å². The maximum Gasteiger partial charge on any atom is 0.490 e. The molecule has 12 heteroatoms. The summed E-state index contributed by atoms with van der Waals surface area (Å²) in [5.74, 6) is -3.24. The topological polar surface area (TPSA) is 168 Å². The number of fused-ring (bicyclic) bond motifs is 1. The normalized spacial score (nSPS) is 10.8. The molecule has 1 heterocycles. The Balaban J connectivity index is 0.000000532. The first-order valence-corrected chi connectivity index (χ1v) is 11.3. The molecule has 0 radical (unpaired) electrons. The van der Waals surface area contributed by atoms with Gasteiger partial charge < -0.3 is 25.9 Å². The lowest BCUT2D eigenvalue weighted by Crippen LogP contribution is -2.21. The van der Waals surface area contributed by atoms with Crippen LogP contribution in [-0.2, 0) is 22.7 Å². The molecule has 3 aromatic carbocycles. The van der Waals surface area contributed by atoms with Crippen molar-refractivity contribution >= 4 is 34.5 Å². The summed E-state index contributed by atoms with van der Waals surface area (Å²) < 4.78 is 39.2. The van der Waals surface area contributed by atoms with Crippen LogP contribution in [-0.4, -0.2) is 39.5 Å². The highest BCUT2D eigenvalue weighted by Gasteiger charge is 2.38. The van der Waals surface area contributed by atoms with Crippen molar-refractivity contribution in [2.45, 2.75) is 19.3 Å². The molecule has 0 spiro atoms. The van der Waals surface area contributed by atoms with E-state index >= 15 is 0 Å². The maximum atomic E-state index is 13.0. The van der Waals surface area contributed by atoms with Crippen LogP contribution < -0.4 is 11.5 Å². The first-order valence-electron chi connectivity index (χ1n) is 11.3. The van der Waals surface area contributed by atoms with Crippen molar-refractivity contribution in [3.8, 4) is 0 Å². The smallest absolute Gasteiger partial charge is 0.475 e. The van der Waals surface area contributed by atoms with Gasteiger partial charge in [0.15, 0.2) is 0 Å². The number of esters is 1. The van der Waals surface area contributed by atoms with E-state index in [-0.39, 0.29) is 18.3 Å². The number of para-hydroxylation sites is 1. The summed E-state index contributed by atoms with van der Waals surface area (Å²) in [6.07, 6.45) is -5.08. The second-order valence-electron chi connectivity index (χ2n) is 8.28. The summed E-state index contributed by atoms with van der Waals surface area (Å²) in [4.78, 5) is 21.9. The van der Waals surface area contributed by atoms with Crippen LogP contribution in [0.2, 0.25) is 0 Å². The van der Waals surface area contributed by atoms with Gasteiger partial charge >= 0.3 is 18.1 Å². The molecule has 0 atom stereocenters. The van der Waals surface area contributed by atoms with E-state index in [0.29, 0.717) is 23.4 Å². The van der Waals surface area contributed by atoms with E-state index in [2.05, 4.69) is 0 Å². The zero-order chi connectivity index (χ0) is 28.7. The number of carboxylic acid groups (broad SMARTS) is 1. The summed E-state index contributed by atoms with van der Waals surface area (Å²) in [7, 11) is 0. The summed E-state index contributed by atoms with van der Waals surface area (Å²) in [6, 6.07) is 24.0. The monoisotopic (exact) mass is 539 g/mol. The molecule has 4 aromatic rings. The highest BCUT2D eigenvalue weighted by Crippen LogP contribution is 2.23. The quantitative estimate of drug-likeness (QED) is 0.134. The number of nitrogens with zero attached hydrogens (tertiary/aromatic N) is 1. The average Bonchev–Trinajstić information content (AvgIpc) is 3.25. The van der Waals surface area contributed by atoms with Gasteiger partial charge in [0, 0.05) is 28.6 Å². The Bertz CT molecular complexity index is 1550. The van der Waals surface area contributed by atoms with Crippen molar-refractivity contribution in [3.63, 3.8) is 0 Å². The highest BCUT2D eigenvalue weighted by atomic mass is 19.4. The van der Waals surface area contributed by atoms with Gasteiger partial charge in [-0.3, -0.25) is 10.8 Å². The highest BCUT2D eigenvalue weighted by molar-refractivity contribution is 5.97. The van der Waals surface area contributed by atoms with Crippen molar-refractivity contribution in [3.05, 3.63) is 107 Å². The van der Waals surface area contributed by atoms with Gasteiger partial charge in [0.25, 0.3) is 0 Å². The number of aromatic nitrogens is 1. The third kappa shape index (κ3) is 7.44. The molecule has 4 rings (SSSR count). The predicted molar refractivity (Wildman–Crippen MR) is 139 cm³/mol. The summed E-state index contributed by atoms with van der Waals surface area (Å²) in [5.41, 5.74) is 15.4. The van der Waals surface area contributed by atoms with Gasteiger partial charge in [-0.15, -0.1) is 0 Å². The van der Waals surface area contributed by atoms with Crippen LogP contribution in [0.1, 0.15) is 32.7 Å². The Kier molecular flexibility index (Phi) is 8.71. The zero-order valence-corrected chi connectivity index (χ0v) is 20.3. The van der Waals surface area contributed by atoms with E-state index in [0.717, 1.165) is 22.0 Å². The number of carbonyl (C=O) groups is 2. The minimum Gasteiger partial charge on any atom is -0.475 e. The lowest BCUT2D eigenvalue weighted by atomic mass is 10.1. The Morgan fingerprint density at radius 2 is 1.38 bits per heavy atom. The molecule has 0 fully saturated rings. The van der Waals surface area contributed by atoms with E-state index < -0.39 is 18.1 Å². The molecule has 39 heavy (non-hydrogen) atoms. The van der Waals surface area contributed by atoms with Gasteiger partial charge in [0.2, 0.25) is 0 Å². The van der Waals surface area contributed by atoms with Crippen molar-refractivity contribution in [1.29, 1.82) is 10.8 Å². The average molecular weight is 540 g/mol. The van der Waals surface area contributed by atoms with Gasteiger partial charge in [0.05, 0.1) is 0 Å². The maximum absolute atomic E-state index is 13.0. The van der Waals surface area contributed by atoms with Crippen LogP contribution >= 0.6 is 0 Å². The number of alkyl halides is 3. The molecule has 0 aliphatic heterocycles. The number of amidine groups is 2. The van der Waals surface area contributed by atoms with Crippen molar-refractivity contribution < 1.29 is 32.6 Å². The number of hydrogen-bond donors (Lipinski definition) is 5. The molecular weight excluding hydrogens is 515 g/mol. The van der Waals surface area contributed by atoms with Crippen LogP contribution in [0.25, 0.3) is 10.9 Å². The Labute approximate surface area is 220 Å². The number of aliphatic carboxylic acids is 1. The standard InChI is InChI=1S/C25H23N5O2.C2HF3O2/c26-23(27)19-8-3-5-16(11-19)14-30-21-10-2-1-7-18(21)13-22(30)25(31)32-15-17-6-4-9-20(12-17)24(28)29;3-2(4,5)1(6)7/h1-13H,14-15H2,(H3,26,27)(H3,28,29);(H,6,7). The third-order valence-corrected chi connectivity index (χ3v) is 5.45. The molecule has 0 bridgehead atoms. The van der Waals surface area contributed by atoms with Crippen LogP contribution in [0, 0.1) is 10.8 Å². The zero-order valence-electron chi connectivity index (χ0n) is 20.3. The van der Waals surface area contributed by atoms with Crippen molar-refractivity contribution in [2.75, 3.05) is 0 Å². The molecule has 202 valence electrons. The van der Waals surface area contributed by atoms with E-state index in [4.69, 9.17) is 36.9 Å². The van der Waals surface area contributed by atoms with Crippen molar-refractivity contribution in [2.24, 2.45) is 11.5 Å². The Morgan fingerprint density at radius 1 is 0.846 bits per heavy atom. The first-order chi connectivity index (χ1) is 18.4. The molecule has 9 nitrogen and oxygen atoms in total. The molecule has 7 N–H and O–H groups in total. The molecule has 0 saturated heterocycles. The van der Waals surface area contributed by atoms with Gasteiger partial charge in [-0.05, 0) is 35.4 Å². The minimum atomic E-state index is -5.08. The number of carbonyl (C=O) groups excluding carboxylic acids is 1. The predicted octanol–water partition coefficient (Wildman–Crippen LogP) is 4.25. The van der Waals surface area contributed by atoms with Crippen LogP contribution in [0.4, 0.5) is 13.2 Å². The molecule has 0 aliphatic carbocycles. The second-order valence-corrected chi connectivity index (χ2v) is 8.28. The minimum absolute atomic E-state index is 0.00311. The number of ether oxygens (including phenoxy) is 1. The lowest BCUT2D eigenvalue weighted by molar-refractivity contribution is -0.192. The van der Waals surface area contributed by atoms with E-state index in [1.807, 2.05) is 59.2 Å². The molecular formula is C27H24F3N5O4. The molecule has 0 unspecified atom stereocenters. The largest absolute Gasteiger partial charge is 0.490 e. The van der Waals surface area contributed by atoms with Crippen molar-refractivity contribution in [1.82, 2.24) is 4.57 Å². The van der Waals surface area contributed by atoms with E-state index in [1.165, 1.54) is 0 Å². The molecule has 1 aromatic heterocycles. The number of nitrogens with two attached hydrogens (primary N) is 2. The molecule has 0 aliphatic rings. The third-order valence-electron chi connectivity index (χ3n) is 5.45. The summed E-state index contributed by atoms with van der Waals surface area (Å²) >= 11 is 0. The van der Waals surface area contributed by atoms with Gasteiger partial charge in [-0.2, -0.15) is 13.2 Å². The SMILES string of the molecule is N=C(N)c1cccc(COC(=O)c2cc3ccccc3n2Cc2cccc(C(=N)N)c2)c1.O=C(O)C(F)(F)F. The number of nitrogen functional groups attached to an aromatic ring is 2. The number of benzene rings is 3. The van der Waals surface area contributed by atoms with E-state index in [9.17, 15) is 18.0 Å². The molecule has 0 amide bonds. The molecule has 0 saturated carbocycles. The fourth-order valence-electron chi connectivity index (χ4n) is 3.62. The van der Waals surface area contributed by atoms with E-state index in [1.54, 1.807) is 24.3 Å². The number of rotatable bonds is 7. The van der Waals surface area contributed by atoms with Crippen LogP contribution in [0.3, 0.4) is 0 Å². The lowest BCUT2D eigenvalue weighted by Gasteiger charge is -2.12. The summed E-state index contributed by atoms with van der Waals surface area (Å²) in [6.45, 7) is 0.500. The Hall–Kier alpha value is -5.13. The number of nitrogens with one attached hydrogen (secondary N) is 2. The number of hydrogen-bond acceptors (Lipinski definition) is 5. The van der Waals surface area contributed by atoms with Crippen LogP contribution in [0.5, 0.6) is 0 Å². The van der Waals surface area contributed by atoms with Gasteiger partial charge in [-0.25, -0.2) is 9.59 Å². The summed E-state index contributed by atoms with van der Waals surface area (Å²) in [5, 5.41) is 23.3. The fraction of sp³-hybridized carbons (Fsp3) is 0.111. The number of halogens is 3. The second kappa shape index (κ2) is 11.9. The fourth-order valence-corrected chi connectivity index (χ4v) is 3.62. The van der Waals surface area contributed by atoms with Gasteiger partial charge in [0.1, 0.15) is 24.0 Å². The number of carboxylic acids is 1.